The van der Waals surface area contributed by atoms with Gasteiger partial charge in [0.25, 0.3) is 10.0 Å². The van der Waals surface area contributed by atoms with Crippen LogP contribution in [0.25, 0.3) is 0 Å². The topological polar surface area (TPSA) is 61.9 Å². The highest BCUT2D eigenvalue weighted by atomic mass is 32.2. The second-order valence-corrected chi connectivity index (χ2v) is 8.85. The van der Waals surface area contributed by atoms with Crippen LogP contribution >= 0.6 is 0 Å². The Kier molecular flexibility index (Phi) is 5.19. The van der Waals surface area contributed by atoms with Crippen molar-refractivity contribution in [2.24, 2.45) is 0 Å². The van der Waals surface area contributed by atoms with Crippen LogP contribution in [-0.2, 0) is 14.8 Å². The molecule has 27 heavy (non-hydrogen) atoms. The second-order valence-electron chi connectivity index (χ2n) is 6.91. The van der Waals surface area contributed by atoms with Gasteiger partial charge in [0.15, 0.2) is 0 Å². The number of benzene rings is 2. The molecule has 1 fully saturated rings. The highest BCUT2D eigenvalue weighted by Crippen LogP contribution is 2.41. The fraction of sp³-hybridized carbons (Fsp3) is 0.400. The number of sulfonamides is 1. The molecule has 2 aromatic carbocycles. The quantitative estimate of drug-likeness (QED) is 0.867. The minimum atomic E-state index is -3.61. The van der Waals surface area contributed by atoms with Gasteiger partial charge in [0.2, 0.25) is 0 Å². The summed E-state index contributed by atoms with van der Waals surface area (Å²) in [4.78, 5) is 2.68. The van der Waals surface area contributed by atoms with Gasteiger partial charge in [-0.25, -0.2) is 8.42 Å². The molecule has 0 aromatic heterocycles. The smallest absolute Gasteiger partial charge is 0.264 e. The van der Waals surface area contributed by atoms with E-state index >= 15 is 0 Å². The van der Waals surface area contributed by atoms with Gasteiger partial charge < -0.3 is 10.1 Å². The molecule has 2 aliphatic heterocycles. The third-order valence-corrected chi connectivity index (χ3v) is 7.15. The molecule has 2 heterocycles. The van der Waals surface area contributed by atoms with E-state index in [1.165, 1.54) is 4.31 Å². The molecule has 0 unspecified atom stereocenters. The van der Waals surface area contributed by atoms with Crippen molar-refractivity contribution in [2.45, 2.75) is 11.0 Å². The van der Waals surface area contributed by atoms with Crippen LogP contribution in [-0.4, -0.2) is 59.7 Å². The Labute approximate surface area is 160 Å². The first-order valence-electron chi connectivity index (χ1n) is 9.30. The molecule has 0 radical (unpaired) electrons. The van der Waals surface area contributed by atoms with E-state index in [9.17, 15) is 8.42 Å². The molecule has 1 atom stereocenters. The molecule has 0 bridgehead atoms. The largest absolute Gasteiger partial charge is 0.367 e. The molecule has 1 N–H and O–H groups in total. The molecule has 1 saturated heterocycles. The average Bonchev–Trinajstić information content (AvgIpc) is 2.77. The molecule has 2 aromatic rings. The van der Waals surface area contributed by atoms with Crippen LogP contribution < -0.4 is 9.62 Å². The van der Waals surface area contributed by atoms with E-state index in [0.29, 0.717) is 22.8 Å². The molecular weight excluding hydrogens is 362 g/mol. The van der Waals surface area contributed by atoms with E-state index in [0.717, 1.165) is 38.3 Å². The molecule has 0 saturated carbocycles. The number of hydrogen-bond acceptors (Lipinski definition) is 5. The zero-order valence-electron chi connectivity index (χ0n) is 15.5. The van der Waals surface area contributed by atoms with Gasteiger partial charge in [-0.1, -0.05) is 36.4 Å². The van der Waals surface area contributed by atoms with Crippen LogP contribution in [0.5, 0.6) is 0 Å². The normalized spacial score (nSPS) is 22.0. The van der Waals surface area contributed by atoms with E-state index < -0.39 is 16.1 Å². The Balaban J connectivity index is 1.68. The molecule has 0 amide bonds. The number of rotatable bonds is 4. The Bertz CT molecular complexity index is 910. The summed E-state index contributed by atoms with van der Waals surface area (Å²) in [6.45, 7) is 5.41. The lowest BCUT2D eigenvalue weighted by Crippen LogP contribution is -2.44. The lowest BCUT2D eigenvalue weighted by atomic mass is 9.99. The Morgan fingerprint density at radius 2 is 1.70 bits per heavy atom. The third-order valence-electron chi connectivity index (χ3n) is 5.30. The van der Waals surface area contributed by atoms with Crippen molar-refractivity contribution < 1.29 is 13.2 Å². The molecule has 4 rings (SSSR count). The monoisotopic (exact) mass is 387 g/mol. The number of fused-ring (bicyclic) bond motifs is 2. The van der Waals surface area contributed by atoms with Crippen LogP contribution in [0.3, 0.4) is 0 Å². The van der Waals surface area contributed by atoms with Crippen LogP contribution in [0.2, 0.25) is 0 Å². The maximum absolute atomic E-state index is 13.1. The molecule has 2 aliphatic rings. The second kappa shape index (κ2) is 7.59. The average molecular weight is 388 g/mol. The first-order chi connectivity index (χ1) is 13.1. The number of nitrogens with zero attached hydrogens (tertiary/aromatic N) is 2. The maximum atomic E-state index is 13.1. The van der Waals surface area contributed by atoms with Crippen molar-refractivity contribution in [3.8, 4) is 0 Å². The van der Waals surface area contributed by atoms with Gasteiger partial charge >= 0.3 is 0 Å². The molecule has 7 heteroatoms. The minimum Gasteiger partial charge on any atom is -0.367 e. The summed E-state index contributed by atoms with van der Waals surface area (Å²) in [6.07, 6.45) is -0.403. The van der Waals surface area contributed by atoms with Gasteiger partial charge in [-0.15, -0.1) is 0 Å². The number of hydrogen-bond donors (Lipinski definition) is 1. The number of piperazine rings is 1. The van der Waals surface area contributed by atoms with E-state index in [1.807, 2.05) is 36.4 Å². The molecular formula is C20H25N3O3S. The lowest BCUT2D eigenvalue weighted by Gasteiger charge is -2.28. The number of para-hydroxylation sites is 1. The van der Waals surface area contributed by atoms with Gasteiger partial charge in [0, 0.05) is 50.9 Å². The van der Waals surface area contributed by atoms with Gasteiger partial charge in [-0.05, 0) is 12.1 Å². The zero-order valence-corrected chi connectivity index (χ0v) is 16.3. The molecule has 0 spiro atoms. The first-order valence-corrected chi connectivity index (χ1v) is 10.7. The van der Waals surface area contributed by atoms with Crippen LogP contribution in [0.4, 0.5) is 5.69 Å². The summed E-state index contributed by atoms with van der Waals surface area (Å²) < 4.78 is 33.9. The van der Waals surface area contributed by atoms with Crippen molar-refractivity contribution in [3.05, 3.63) is 59.7 Å². The van der Waals surface area contributed by atoms with Gasteiger partial charge in [-0.2, -0.15) is 0 Å². The van der Waals surface area contributed by atoms with Gasteiger partial charge in [0.05, 0.1) is 17.2 Å². The summed E-state index contributed by atoms with van der Waals surface area (Å²) in [5.41, 5.74) is 2.25. The van der Waals surface area contributed by atoms with Gasteiger partial charge in [-0.3, -0.25) is 9.21 Å². The highest BCUT2D eigenvalue weighted by molar-refractivity contribution is 7.92. The highest BCUT2D eigenvalue weighted by Gasteiger charge is 2.35. The van der Waals surface area contributed by atoms with Crippen molar-refractivity contribution in [2.75, 3.05) is 50.7 Å². The Hall–Kier alpha value is -1.93. The Morgan fingerprint density at radius 1 is 1.04 bits per heavy atom. The predicted octanol–water partition coefficient (Wildman–Crippen LogP) is 1.84. The third kappa shape index (κ3) is 3.48. The van der Waals surface area contributed by atoms with E-state index in [1.54, 1.807) is 19.2 Å². The summed E-state index contributed by atoms with van der Waals surface area (Å²) >= 11 is 0. The van der Waals surface area contributed by atoms with Crippen molar-refractivity contribution in [3.63, 3.8) is 0 Å². The Morgan fingerprint density at radius 3 is 2.48 bits per heavy atom. The van der Waals surface area contributed by atoms with E-state index in [4.69, 9.17) is 4.74 Å². The standard InChI is InChI=1S/C20H25N3O3S/c1-22-18-8-4-2-6-16(18)20(26-15-14-23-12-10-21-11-13-23)17-7-3-5-9-19(17)27(22,24)25/h2-9,20-21H,10-15H2,1H3/t20-/m1/s1. The number of ether oxygens (including phenoxy) is 1. The zero-order chi connectivity index (χ0) is 18.9. The summed E-state index contributed by atoms with van der Waals surface area (Å²) in [5, 5.41) is 3.35. The van der Waals surface area contributed by atoms with Crippen molar-refractivity contribution >= 4 is 15.7 Å². The number of anilines is 1. The SMILES string of the molecule is CN1c2ccccc2[C@@H](OCCN2CCNCC2)c2ccccc2S1(=O)=O. The predicted molar refractivity (Wildman–Crippen MR) is 106 cm³/mol. The van der Waals surface area contributed by atoms with E-state index in [-0.39, 0.29) is 0 Å². The fourth-order valence-electron chi connectivity index (χ4n) is 3.79. The summed E-state index contributed by atoms with van der Waals surface area (Å²) in [6, 6.07) is 14.7. The minimum absolute atomic E-state index is 0.316. The molecule has 144 valence electrons. The van der Waals surface area contributed by atoms with Crippen LogP contribution in [0.15, 0.2) is 53.4 Å². The molecule has 0 aliphatic carbocycles. The van der Waals surface area contributed by atoms with E-state index in [2.05, 4.69) is 10.2 Å². The first kappa shape index (κ1) is 18.4. The lowest BCUT2D eigenvalue weighted by molar-refractivity contribution is 0.0564. The summed E-state index contributed by atoms with van der Waals surface area (Å²) in [7, 11) is -2.01. The maximum Gasteiger partial charge on any atom is 0.264 e. The van der Waals surface area contributed by atoms with Gasteiger partial charge in [0.1, 0.15) is 6.10 Å². The van der Waals surface area contributed by atoms with Crippen molar-refractivity contribution in [1.82, 2.24) is 10.2 Å². The van der Waals surface area contributed by atoms with Crippen LogP contribution in [0.1, 0.15) is 17.2 Å². The fourth-order valence-corrected chi connectivity index (χ4v) is 5.23. The number of nitrogens with one attached hydrogen (secondary N) is 1. The van der Waals surface area contributed by atoms with Crippen molar-refractivity contribution in [1.29, 1.82) is 0 Å². The summed E-state index contributed by atoms with van der Waals surface area (Å²) in [5.74, 6) is 0. The molecule has 6 nitrogen and oxygen atoms in total. The van der Waals surface area contributed by atoms with Crippen LogP contribution in [0, 0.1) is 0 Å².